The van der Waals surface area contributed by atoms with Crippen LogP contribution < -0.4 is 10.2 Å². The van der Waals surface area contributed by atoms with Gasteiger partial charge in [-0.25, -0.2) is 0 Å². The largest absolute Gasteiger partial charge is 0.378 e. The van der Waals surface area contributed by atoms with Gasteiger partial charge in [-0.2, -0.15) is 0 Å². The molecule has 0 spiro atoms. The van der Waals surface area contributed by atoms with Gasteiger partial charge >= 0.3 is 0 Å². The summed E-state index contributed by atoms with van der Waals surface area (Å²) in [4.78, 5) is 2.12. The SMILES string of the molecule is CNC(Cc1ccc(C)cc1Cl)c1cccc(N(C)C)c1. The zero-order valence-corrected chi connectivity index (χ0v) is 13.9. The molecule has 0 saturated heterocycles. The summed E-state index contributed by atoms with van der Waals surface area (Å²) in [5.41, 5.74) is 4.86. The number of rotatable bonds is 5. The average molecular weight is 303 g/mol. The van der Waals surface area contributed by atoms with Crippen LogP contribution in [0.15, 0.2) is 42.5 Å². The van der Waals surface area contributed by atoms with E-state index in [1.165, 1.54) is 22.4 Å². The first-order chi connectivity index (χ1) is 10.0. The van der Waals surface area contributed by atoms with Crippen LogP contribution in [0.4, 0.5) is 5.69 Å². The monoisotopic (exact) mass is 302 g/mol. The minimum Gasteiger partial charge on any atom is -0.378 e. The molecule has 2 aromatic carbocycles. The van der Waals surface area contributed by atoms with Crippen molar-refractivity contribution < 1.29 is 0 Å². The third-order valence-corrected chi connectivity index (χ3v) is 4.12. The minimum absolute atomic E-state index is 0.255. The van der Waals surface area contributed by atoms with Gasteiger partial charge in [0.2, 0.25) is 0 Å². The Hall–Kier alpha value is -1.51. The van der Waals surface area contributed by atoms with Gasteiger partial charge in [0, 0.05) is 30.8 Å². The van der Waals surface area contributed by atoms with Crippen LogP contribution in [0.25, 0.3) is 0 Å². The number of aryl methyl sites for hydroxylation is 1. The van der Waals surface area contributed by atoms with E-state index < -0.39 is 0 Å². The summed E-state index contributed by atoms with van der Waals surface area (Å²) in [6.07, 6.45) is 0.881. The van der Waals surface area contributed by atoms with Crippen LogP contribution in [0.5, 0.6) is 0 Å². The van der Waals surface area contributed by atoms with Crippen LogP contribution >= 0.6 is 11.6 Å². The van der Waals surface area contributed by atoms with Gasteiger partial charge in [0.05, 0.1) is 0 Å². The fourth-order valence-corrected chi connectivity index (χ4v) is 2.76. The lowest BCUT2D eigenvalue weighted by atomic mass is 9.98. The molecule has 0 aromatic heterocycles. The Bertz CT molecular complexity index is 608. The fourth-order valence-electron chi connectivity index (χ4n) is 2.44. The molecule has 1 N–H and O–H groups in total. The molecule has 1 atom stereocenters. The van der Waals surface area contributed by atoms with Gasteiger partial charge in [-0.1, -0.05) is 35.9 Å². The first kappa shape index (κ1) is 15.9. The lowest BCUT2D eigenvalue weighted by Gasteiger charge is -2.20. The number of nitrogens with zero attached hydrogens (tertiary/aromatic N) is 1. The molecule has 3 heteroatoms. The fraction of sp³-hybridized carbons (Fsp3) is 0.333. The van der Waals surface area contributed by atoms with Crippen LogP contribution in [0.3, 0.4) is 0 Å². The first-order valence-corrected chi connectivity index (χ1v) is 7.58. The zero-order valence-electron chi connectivity index (χ0n) is 13.2. The molecule has 0 aliphatic heterocycles. The molecule has 0 aliphatic rings. The maximum atomic E-state index is 6.36. The van der Waals surface area contributed by atoms with E-state index in [1.54, 1.807) is 0 Å². The highest BCUT2D eigenvalue weighted by Gasteiger charge is 2.13. The van der Waals surface area contributed by atoms with Crippen molar-refractivity contribution in [1.82, 2.24) is 5.32 Å². The molecule has 0 saturated carbocycles. The molecule has 2 nitrogen and oxygen atoms in total. The Morgan fingerprint density at radius 2 is 1.90 bits per heavy atom. The number of halogens is 1. The number of hydrogen-bond donors (Lipinski definition) is 1. The van der Waals surface area contributed by atoms with E-state index in [0.29, 0.717) is 0 Å². The van der Waals surface area contributed by atoms with Gasteiger partial charge in [-0.3, -0.25) is 0 Å². The third-order valence-electron chi connectivity index (χ3n) is 3.77. The van der Waals surface area contributed by atoms with Crippen molar-refractivity contribution >= 4 is 17.3 Å². The standard InChI is InChI=1S/C18H23ClN2/c1-13-8-9-14(17(19)10-13)12-18(20-2)15-6-5-7-16(11-15)21(3)4/h5-11,18,20H,12H2,1-4H3. The van der Waals surface area contributed by atoms with Crippen LogP contribution in [0, 0.1) is 6.92 Å². The molecule has 0 aliphatic carbocycles. The van der Waals surface area contributed by atoms with E-state index in [4.69, 9.17) is 11.6 Å². The number of benzene rings is 2. The second kappa shape index (κ2) is 6.97. The van der Waals surface area contributed by atoms with E-state index in [0.717, 1.165) is 11.4 Å². The predicted molar refractivity (Wildman–Crippen MR) is 92.5 cm³/mol. The smallest absolute Gasteiger partial charge is 0.0441 e. The second-order valence-electron chi connectivity index (χ2n) is 5.63. The summed E-state index contributed by atoms with van der Waals surface area (Å²) in [5.74, 6) is 0. The van der Waals surface area contributed by atoms with Gasteiger partial charge < -0.3 is 10.2 Å². The molecular weight excluding hydrogens is 280 g/mol. The topological polar surface area (TPSA) is 15.3 Å². The molecule has 112 valence electrons. The van der Waals surface area contributed by atoms with Crippen molar-refractivity contribution in [3.63, 3.8) is 0 Å². The van der Waals surface area contributed by atoms with E-state index in [9.17, 15) is 0 Å². The number of anilines is 1. The zero-order chi connectivity index (χ0) is 15.4. The lowest BCUT2D eigenvalue weighted by molar-refractivity contribution is 0.592. The molecule has 0 fully saturated rings. The minimum atomic E-state index is 0.255. The van der Waals surface area contributed by atoms with Crippen molar-refractivity contribution in [3.05, 3.63) is 64.2 Å². The van der Waals surface area contributed by atoms with Gasteiger partial charge in [0.15, 0.2) is 0 Å². The van der Waals surface area contributed by atoms with Crippen LogP contribution in [-0.2, 0) is 6.42 Å². The molecule has 1 unspecified atom stereocenters. The lowest BCUT2D eigenvalue weighted by Crippen LogP contribution is -2.19. The van der Waals surface area contributed by atoms with E-state index in [2.05, 4.69) is 67.6 Å². The summed E-state index contributed by atoms with van der Waals surface area (Å²) in [7, 11) is 6.11. The van der Waals surface area contributed by atoms with Crippen molar-refractivity contribution in [2.45, 2.75) is 19.4 Å². The molecular formula is C18H23ClN2. The maximum Gasteiger partial charge on any atom is 0.0441 e. The van der Waals surface area contributed by atoms with Crippen molar-refractivity contribution in [2.24, 2.45) is 0 Å². The van der Waals surface area contributed by atoms with Crippen LogP contribution in [0.1, 0.15) is 22.7 Å². The van der Waals surface area contributed by atoms with E-state index in [1.807, 2.05) is 13.1 Å². The highest BCUT2D eigenvalue weighted by molar-refractivity contribution is 6.31. The Labute approximate surface area is 132 Å². The van der Waals surface area contributed by atoms with Gasteiger partial charge in [-0.05, 0) is 55.3 Å². The molecule has 2 aromatic rings. The summed E-state index contributed by atoms with van der Waals surface area (Å²) >= 11 is 6.36. The molecule has 2 rings (SSSR count). The van der Waals surface area contributed by atoms with Gasteiger partial charge in [-0.15, -0.1) is 0 Å². The average Bonchev–Trinajstić information content (AvgIpc) is 2.46. The highest BCUT2D eigenvalue weighted by Crippen LogP contribution is 2.26. The van der Waals surface area contributed by atoms with Gasteiger partial charge in [0.25, 0.3) is 0 Å². The summed E-state index contributed by atoms with van der Waals surface area (Å²) in [5, 5.41) is 4.24. The molecule has 0 radical (unpaired) electrons. The number of hydrogen-bond acceptors (Lipinski definition) is 2. The van der Waals surface area contributed by atoms with Crippen LogP contribution in [-0.4, -0.2) is 21.1 Å². The third kappa shape index (κ3) is 3.99. The Balaban J connectivity index is 2.25. The van der Waals surface area contributed by atoms with E-state index >= 15 is 0 Å². The molecule has 0 heterocycles. The maximum absolute atomic E-state index is 6.36. The summed E-state index contributed by atoms with van der Waals surface area (Å²) in [6.45, 7) is 2.06. The summed E-state index contributed by atoms with van der Waals surface area (Å²) in [6, 6.07) is 15.1. The number of likely N-dealkylation sites (N-methyl/N-ethyl adjacent to an activating group) is 1. The van der Waals surface area contributed by atoms with E-state index in [-0.39, 0.29) is 6.04 Å². The molecule has 21 heavy (non-hydrogen) atoms. The quantitative estimate of drug-likeness (QED) is 0.889. The van der Waals surface area contributed by atoms with Crippen molar-refractivity contribution in [3.8, 4) is 0 Å². The normalized spacial score (nSPS) is 12.2. The van der Waals surface area contributed by atoms with Gasteiger partial charge in [0.1, 0.15) is 0 Å². The number of nitrogens with one attached hydrogen (secondary N) is 1. The molecule has 0 amide bonds. The first-order valence-electron chi connectivity index (χ1n) is 7.21. The summed E-state index contributed by atoms with van der Waals surface area (Å²) < 4.78 is 0. The molecule has 0 bridgehead atoms. The highest BCUT2D eigenvalue weighted by atomic mass is 35.5. The Morgan fingerprint density at radius 3 is 2.52 bits per heavy atom. The van der Waals surface area contributed by atoms with Crippen LogP contribution in [0.2, 0.25) is 5.02 Å². The van der Waals surface area contributed by atoms with Crippen molar-refractivity contribution in [2.75, 3.05) is 26.0 Å². The Morgan fingerprint density at radius 1 is 1.14 bits per heavy atom. The van der Waals surface area contributed by atoms with Crippen molar-refractivity contribution in [1.29, 1.82) is 0 Å². The Kier molecular flexibility index (Phi) is 5.27. The second-order valence-corrected chi connectivity index (χ2v) is 6.04. The predicted octanol–water partition coefficient (Wildman–Crippen LogP) is 4.22.